The summed E-state index contributed by atoms with van der Waals surface area (Å²) in [6.07, 6.45) is -0.340. The van der Waals surface area contributed by atoms with Gasteiger partial charge in [0.2, 0.25) is 0 Å². The van der Waals surface area contributed by atoms with Crippen LogP contribution in [0.25, 0.3) is 0 Å². The summed E-state index contributed by atoms with van der Waals surface area (Å²) >= 11 is 0. The fourth-order valence-corrected chi connectivity index (χ4v) is 2.79. The van der Waals surface area contributed by atoms with Gasteiger partial charge in [-0.2, -0.15) is 5.10 Å². The molecule has 2 rings (SSSR count). The van der Waals surface area contributed by atoms with Crippen LogP contribution in [0, 0.1) is 0 Å². The van der Waals surface area contributed by atoms with Crippen LogP contribution in [-0.2, 0) is 34.2 Å². The lowest BCUT2D eigenvalue weighted by Crippen LogP contribution is -2.40. The zero-order valence-corrected chi connectivity index (χ0v) is 16.3. The normalized spacial score (nSPS) is 14.3. The molecule has 0 unspecified atom stereocenters. The Morgan fingerprint density at radius 2 is 1.92 bits per heavy atom. The van der Waals surface area contributed by atoms with Gasteiger partial charge < -0.3 is 24.4 Å². The van der Waals surface area contributed by atoms with Gasteiger partial charge in [0, 0.05) is 39.8 Å². The smallest absolute Gasteiger partial charge is 0.410 e. The summed E-state index contributed by atoms with van der Waals surface area (Å²) in [6.45, 7) is 6.48. The number of carbonyl (C=O) groups excluding carboxylic acids is 2. The number of hydrogen-bond donors (Lipinski definition) is 1. The molecule has 26 heavy (non-hydrogen) atoms. The fraction of sp³-hybridized carbons (Fsp3) is 0.706. The highest BCUT2D eigenvalue weighted by Gasteiger charge is 2.31. The SMILES string of the molecule is COC(CNC(=O)c1c2c(nn1C)CCN(C(=O)OC(C)(C)C)C2)OC. The summed E-state index contributed by atoms with van der Waals surface area (Å²) in [5.41, 5.74) is 1.43. The standard InChI is InChI=1S/C17H28N4O5/c1-17(2,3)26-16(23)21-8-7-12-11(10-21)14(20(4)19-12)15(22)18-9-13(24-5)25-6/h13H,7-10H2,1-6H3,(H,18,22). The third-order valence-corrected chi connectivity index (χ3v) is 4.02. The summed E-state index contributed by atoms with van der Waals surface area (Å²) in [4.78, 5) is 26.6. The van der Waals surface area contributed by atoms with Crippen molar-refractivity contribution in [2.45, 2.75) is 45.6 Å². The van der Waals surface area contributed by atoms with E-state index in [-0.39, 0.29) is 12.5 Å². The molecule has 1 aliphatic rings. The highest BCUT2D eigenvalue weighted by atomic mass is 16.7. The minimum Gasteiger partial charge on any atom is -0.444 e. The van der Waals surface area contributed by atoms with Crippen LogP contribution in [0.3, 0.4) is 0 Å². The molecule has 1 aromatic rings. The molecule has 1 N–H and O–H groups in total. The van der Waals surface area contributed by atoms with Gasteiger partial charge in [0.15, 0.2) is 6.29 Å². The van der Waals surface area contributed by atoms with Gasteiger partial charge in [0.25, 0.3) is 5.91 Å². The fourth-order valence-electron chi connectivity index (χ4n) is 2.79. The summed E-state index contributed by atoms with van der Waals surface area (Å²) < 4.78 is 17.1. The Hall–Kier alpha value is -2.13. The van der Waals surface area contributed by atoms with E-state index < -0.39 is 18.0 Å². The van der Waals surface area contributed by atoms with Gasteiger partial charge in [-0.1, -0.05) is 0 Å². The molecule has 1 aromatic heterocycles. The third-order valence-electron chi connectivity index (χ3n) is 4.02. The second-order valence-electron chi connectivity index (χ2n) is 7.16. The molecule has 9 heteroatoms. The van der Waals surface area contributed by atoms with E-state index in [0.29, 0.717) is 25.2 Å². The summed E-state index contributed by atoms with van der Waals surface area (Å²) in [6, 6.07) is 0. The molecular formula is C17H28N4O5. The topological polar surface area (TPSA) is 94.9 Å². The van der Waals surface area contributed by atoms with Crippen LogP contribution < -0.4 is 5.32 Å². The Kier molecular flexibility index (Phi) is 6.25. The van der Waals surface area contributed by atoms with Crippen molar-refractivity contribution in [1.82, 2.24) is 20.0 Å². The quantitative estimate of drug-likeness (QED) is 0.781. The van der Waals surface area contributed by atoms with Crippen LogP contribution in [0.1, 0.15) is 42.5 Å². The van der Waals surface area contributed by atoms with E-state index in [1.807, 2.05) is 20.8 Å². The Labute approximate surface area is 153 Å². The molecular weight excluding hydrogens is 340 g/mol. The van der Waals surface area contributed by atoms with E-state index >= 15 is 0 Å². The van der Waals surface area contributed by atoms with Gasteiger partial charge in [-0.15, -0.1) is 0 Å². The van der Waals surface area contributed by atoms with Crippen LogP contribution in [-0.4, -0.2) is 65.9 Å². The van der Waals surface area contributed by atoms with E-state index in [1.165, 1.54) is 14.2 Å². The average Bonchev–Trinajstić information content (AvgIpc) is 2.88. The van der Waals surface area contributed by atoms with E-state index in [1.54, 1.807) is 16.6 Å². The molecule has 0 fully saturated rings. The Morgan fingerprint density at radius 1 is 1.27 bits per heavy atom. The lowest BCUT2D eigenvalue weighted by molar-refractivity contribution is -0.0974. The van der Waals surface area contributed by atoms with E-state index in [9.17, 15) is 9.59 Å². The van der Waals surface area contributed by atoms with E-state index in [2.05, 4.69) is 10.4 Å². The molecule has 9 nitrogen and oxygen atoms in total. The first kappa shape index (κ1) is 20.2. The van der Waals surface area contributed by atoms with Gasteiger partial charge in [-0.3, -0.25) is 9.48 Å². The number of aryl methyl sites for hydroxylation is 1. The molecule has 0 spiro atoms. The van der Waals surface area contributed by atoms with Crippen molar-refractivity contribution in [1.29, 1.82) is 0 Å². The van der Waals surface area contributed by atoms with Crippen molar-refractivity contribution in [2.24, 2.45) is 7.05 Å². The van der Waals surface area contributed by atoms with Gasteiger partial charge in [-0.25, -0.2) is 4.79 Å². The summed E-state index contributed by atoms with van der Waals surface area (Å²) in [5, 5.41) is 7.20. The molecule has 0 atom stereocenters. The maximum Gasteiger partial charge on any atom is 0.410 e. The molecule has 0 radical (unpaired) electrons. The Morgan fingerprint density at radius 3 is 2.50 bits per heavy atom. The number of nitrogens with one attached hydrogen (secondary N) is 1. The van der Waals surface area contributed by atoms with Crippen LogP contribution in [0.5, 0.6) is 0 Å². The minimum atomic E-state index is -0.568. The molecule has 0 aliphatic carbocycles. The molecule has 146 valence electrons. The van der Waals surface area contributed by atoms with E-state index in [0.717, 1.165) is 11.3 Å². The number of ether oxygens (including phenoxy) is 3. The first-order valence-electron chi connectivity index (χ1n) is 8.52. The highest BCUT2D eigenvalue weighted by Crippen LogP contribution is 2.23. The van der Waals surface area contributed by atoms with Crippen molar-refractivity contribution >= 4 is 12.0 Å². The number of amides is 2. The number of fused-ring (bicyclic) bond motifs is 1. The van der Waals surface area contributed by atoms with Crippen molar-refractivity contribution in [2.75, 3.05) is 27.3 Å². The monoisotopic (exact) mass is 368 g/mol. The lowest BCUT2D eigenvalue weighted by atomic mass is 10.1. The number of carbonyl (C=O) groups is 2. The minimum absolute atomic E-state index is 0.210. The maximum absolute atomic E-state index is 12.6. The van der Waals surface area contributed by atoms with Crippen molar-refractivity contribution in [3.05, 3.63) is 17.0 Å². The zero-order chi connectivity index (χ0) is 19.5. The number of methoxy groups -OCH3 is 2. The maximum atomic E-state index is 12.6. The van der Waals surface area contributed by atoms with Gasteiger partial charge in [0.05, 0.1) is 18.8 Å². The second kappa shape index (κ2) is 8.05. The molecule has 0 aromatic carbocycles. The van der Waals surface area contributed by atoms with Gasteiger partial charge in [-0.05, 0) is 20.8 Å². The molecule has 1 aliphatic heterocycles. The predicted molar refractivity (Wildman–Crippen MR) is 93.7 cm³/mol. The number of rotatable bonds is 5. The van der Waals surface area contributed by atoms with Crippen LogP contribution in [0.15, 0.2) is 0 Å². The first-order chi connectivity index (χ1) is 12.2. The van der Waals surface area contributed by atoms with Crippen molar-refractivity contribution in [3.8, 4) is 0 Å². The Balaban J connectivity index is 2.14. The van der Waals surface area contributed by atoms with Crippen LogP contribution in [0.2, 0.25) is 0 Å². The van der Waals surface area contributed by atoms with Crippen molar-refractivity contribution in [3.63, 3.8) is 0 Å². The Bertz CT molecular complexity index is 661. The molecule has 2 heterocycles. The molecule has 0 bridgehead atoms. The summed E-state index contributed by atoms with van der Waals surface area (Å²) in [7, 11) is 4.73. The second-order valence-corrected chi connectivity index (χ2v) is 7.16. The molecule has 0 saturated carbocycles. The highest BCUT2D eigenvalue weighted by molar-refractivity contribution is 5.94. The van der Waals surface area contributed by atoms with Crippen LogP contribution >= 0.6 is 0 Å². The molecule has 2 amide bonds. The van der Waals surface area contributed by atoms with Gasteiger partial charge in [0.1, 0.15) is 11.3 Å². The van der Waals surface area contributed by atoms with Crippen LogP contribution in [0.4, 0.5) is 4.79 Å². The predicted octanol–water partition coefficient (Wildman–Crippen LogP) is 1.06. The average molecular weight is 368 g/mol. The summed E-state index contributed by atoms with van der Waals surface area (Å²) in [5.74, 6) is -0.286. The number of aromatic nitrogens is 2. The zero-order valence-electron chi connectivity index (χ0n) is 16.3. The van der Waals surface area contributed by atoms with E-state index in [4.69, 9.17) is 14.2 Å². The van der Waals surface area contributed by atoms with Crippen molar-refractivity contribution < 1.29 is 23.8 Å². The number of hydrogen-bond acceptors (Lipinski definition) is 6. The lowest BCUT2D eigenvalue weighted by Gasteiger charge is -2.29. The first-order valence-corrected chi connectivity index (χ1v) is 8.52. The molecule has 0 saturated heterocycles. The third kappa shape index (κ3) is 4.73. The van der Waals surface area contributed by atoms with Gasteiger partial charge >= 0.3 is 6.09 Å². The number of nitrogens with zero attached hydrogens (tertiary/aromatic N) is 3. The largest absolute Gasteiger partial charge is 0.444 e.